The first-order valence-corrected chi connectivity index (χ1v) is 13.1. The maximum Gasteiger partial charge on any atom is 0.232 e. The van der Waals surface area contributed by atoms with E-state index in [1.807, 2.05) is 30.3 Å². The number of ether oxygens (including phenoxy) is 1. The topological polar surface area (TPSA) is 100 Å². The van der Waals surface area contributed by atoms with Gasteiger partial charge < -0.3 is 20.9 Å². The molecule has 2 aromatic carbocycles. The molecule has 7 nitrogen and oxygen atoms in total. The van der Waals surface area contributed by atoms with Crippen molar-refractivity contribution in [3.8, 4) is 5.75 Å². The number of fused-ring (bicyclic) bond motifs is 2. The lowest BCUT2D eigenvalue weighted by Crippen LogP contribution is -2.52. The number of rotatable bonds is 5. The molecule has 0 saturated carbocycles. The highest BCUT2D eigenvalue weighted by Crippen LogP contribution is 2.41. The molecule has 3 atom stereocenters. The van der Waals surface area contributed by atoms with E-state index >= 15 is 0 Å². The molecule has 0 spiro atoms. The van der Waals surface area contributed by atoms with Gasteiger partial charge in [0.05, 0.1) is 24.0 Å². The van der Waals surface area contributed by atoms with Crippen LogP contribution < -0.4 is 15.8 Å². The molecular formula is C28H34N4O3S. The fraction of sp³-hybridized carbons (Fsp3) is 0.464. The second-order valence-electron chi connectivity index (χ2n) is 10.4. The number of hydrogen-bond acceptors (Lipinski definition) is 6. The van der Waals surface area contributed by atoms with E-state index in [2.05, 4.69) is 31.3 Å². The van der Waals surface area contributed by atoms with Gasteiger partial charge in [0.1, 0.15) is 22.9 Å². The number of aliphatic hydroxyl groups is 1. The minimum absolute atomic E-state index is 0.0324. The standard InChI is InChI=1S/C28H34N4O3S/c1-4-28(5-2)15-23(33)32(26(29)31-28)21-13-12-17-10-11-18(14-20(17)21)25(36)30-24-19-8-6-7-9-22(19)35-16-27(24,3)34/h6-11,14,21,24,34H,4-5,12-13,15-16H2,1-3H3,(H2,29,31)(H,30,36)/t21-,24-,27+/m1/s1. The molecule has 4 N–H and O–H groups in total. The van der Waals surface area contributed by atoms with Gasteiger partial charge in [-0.1, -0.05) is 56.4 Å². The maximum absolute atomic E-state index is 13.3. The summed E-state index contributed by atoms with van der Waals surface area (Å²) in [4.78, 5) is 20.3. The summed E-state index contributed by atoms with van der Waals surface area (Å²) in [5.74, 6) is 1.09. The van der Waals surface area contributed by atoms with Crippen molar-refractivity contribution in [2.45, 2.75) is 76.1 Å². The highest BCUT2D eigenvalue weighted by Gasteiger charge is 2.43. The van der Waals surface area contributed by atoms with Gasteiger partial charge in [0.2, 0.25) is 5.91 Å². The molecule has 2 aromatic rings. The fourth-order valence-electron chi connectivity index (χ4n) is 5.75. The molecule has 1 amide bonds. The number of aliphatic imine (C=N–C) groups is 1. The Bertz CT molecular complexity index is 1240. The van der Waals surface area contributed by atoms with Gasteiger partial charge in [-0.25, -0.2) is 4.99 Å². The normalized spacial score (nSPS) is 26.5. The van der Waals surface area contributed by atoms with Gasteiger partial charge in [0.15, 0.2) is 5.96 Å². The van der Waals surface area contributed by atoms with Crippen LogP contribution in [0.3, 0.4) is 0 Å². The van der Waals surface area contributed by atoms with Crippen molar-refractivity contribution in [1.82, 2.24) is 10.2 Å². The summed E-state index contributed by atoms with van der Waals surface area (Å²) in [5.41, 5.74) is 8.84. The molecule has 5 rings (SSSR count). The van der Waals surface area contributed by atoms with Gasteiger partial charge in [-0.05, 0) is 55.9 Å². The first-order valence-electron chi connectivity index (χ1n) is 12.7. The van der Waals surface area contributed by atoms with Gasteiger partial charge in [-0.3, -0.25) is 9.69 Å². The number of thiocarbonyl (C=S) groups is 1. The Kier molecular flexibility index (Phi) is 6.29. The van der Waals surface area contributed by atoms with Crippen LogP contribution in [-0.4, -0.2) is 44.6 Å². The molecule has 0 radical (unpaired) electrons. The van der Waals surface area contributed by atoms with Crippen LogP contribution in [0.2, 0.25) is 0 Å². The number of carbonyl (C=O) groups excluding carboxylic acids is 1. The molecule has 0 saturated heterocycles. The van der Waals surface area contributed by atoms with E-state index in [1.54, 1.807) is 11.8 Å². The number of hydrogen-bond donors (Lipinski definition) is 3. The van der Waals surface area contributed by atoms with E-state index in [1.165, 1.54) is 5.56 Å². The highest BCUT2D eigenvalue weighted by molar-refractivity contribution is 7.80. The predicted molar refractivity (Wildman–Crippen MR) is 144 cm³/mol. The first kappa shape index (κ1) is 24.7. The third-order valence-electron chi connectivity index (χ3n) is 8.08. The predicted octanol–water partition coefficient (Wildman–Crippen LogP) is 3.93. The van der Waals surface area contributed by atoms with Crippen LogP contribution in [0.5, 0.6) is 5.75 Å². The van der Waals surface area contributed by atoms with E-state index < -0.39 is 17.2 Å². The summed E-state index contributed by atoms with van der Waals surface area (Å²) in [6.07, 6.45) is 3.62. The number of guanidine groups is 1. The molecular weight excluding hydrogens is 472 g/mol. The van der Waals surface area contributed by atoms with Crippen molar-refractivity contribution in [1.29, 1.82) is 0 Å². The summed E-state index contributed by atoms with van der Waals surface area (Å²) in [6, 6.07) is 13.3. The van der Waals surface area contributed by atoms with Crippen LogP contribution in [0.15, 0.2) is 47.5 Å². The summed E-state index contributed by atoms with van der Waals surface area (Å²) >= 11 is 5.82. The lowest BCUT2D eigenvalue weighted by atomic mass is 9.87. The zero-order valence-electron chi connectivity index (χ0n) is 21.1. The third-order valence-corrected chi connectivity index (χ3v) is 8.43. The van der Waals surface area contributed by atoms with E-state index in [-0.39, 0.29) is 18.6 Å². The Hall–Kier alpha value is -2.97. The van der Waals surface area contributed by atoms with E-state index in [9.17, 15) is 9.90 Å². The number of nitrogens with two attached hydrogens (primary N) is 1. The number of nitrogens with one attached hydrogen (secondary N) is 1. The fourth-order valence-corrected chi connectivity index (χ4v) is 6.00. The second kappa shape index (κ2) is 9.16. The Morgan fingerprint density at radius 3 is 2.72 bits per heavy atom. The van der Waals surface area contributed by atoms with Gasteiger partial charge in [-0.15, -0.1) is 0 Å². The minimum Gasteiger partial charge on any atom is -0.490 e. The number of aryl methyl sites for hydroxylation is 1. The molecule has 0 fully saturated rings. The maximum atomic E-state index is 13.3. The highest BCUT2D eigenvalue weighted by atomic mass is 32.1. The van der Waals surface area contributed by atoms with Crippen LogP contribution in [0.25, 0.3) is 0 Å². The summed E-state index contributed by atoms with van der Waals surface area (Å²) in [7, 11) is 0. The second-order valence-corrected chi connectivity index (χ2v) is 10.8. The van der Waals surface area contributed by atoms with E-state index in [4.69, 9.17) is 27.7 Å². The van der Waals surface area contributed by atoms with Gasteiger partial charge in [-0.2, -0.15) is 0 Å². The Morgan fingerprint density at radius 1 is 1.25 bits per heavy atom. The number of amides is 1. The summed E-state index contributed by atoms with van der Waals surface area (Å²) in [5, 5.41) is 14.5. The van der Waals surface area contributed by atoms with Crippen LogP contribution in [-0.2, 0) is 11.2 Å². The SMILES string of the molecule is CCC1(CC)CC(=O)N([C@@H]2CCc3ccc(C(=S)N[C@@H]4c5ccccc5OC[C@]4(C)O)cc32)C(N)=N1. The van der Waals surface area contributed by atoms with Crippen molar-refractivity contribution >= 4 is 29.1 Å². The van der Waals surface area contributed by atoms with Gasteiger partial charge in [0, 0.05) is 11.1 Å². The van der Waals surface area contributed by atoms with Crippen LogP contribution >= 0.6 is 12.2 Å². The molecule has 1 aliphatic carbocycles. The molecule has 8 heteroatoms. The van der Waals surface area contributed by atoms with Gasteiger partial charge >= 0.3 is 0 Å². The minimum atomic E-state index is -1.13. The molecule has 0 aromatic heterocycles. The molecule has 2 heterocycles. The average molecular weight is 507 g/mol. The molecule has 2 aliphatic heterocycles. The van der Waals surface area contributed by atoms with Crippen molar-refractivity contribution in [3.05, 3.63) is 64.7 Å². The number of benzene rings is 2. The van der Waals surface area contributed by atoms with Crippen molar-refractivity contribution in [3.63, 3.8) is 0 Å². The van der Waals surface area contributed by atoms with Crippen LogP contribution in [0, 0.1) is 0 Å². The number of para-hydroxylation sites is 1. The van der Waals surface area contributed by atoms with E-state index in [0.29, 0.717) is 17.4 Å². The van der Waals surface area contributed by atoms with Crippen molar-refractivity contribution < 1.29 is 14.6 Å². The quantitative estimate of drug-likeness (QED) is 0.532. The molecule has 0 bridgehead atoms. The van der Waals surface area contributed by atoms with Crippen LogP contribution in [0.4, 0.5) is 0 Å². The Balaban J connectivity index is 1.43. The largest absolute Gasteiger partial charge is 0.490 e. The average Bonchev–Trinajstić information content (AvgIpc) is 3.28. The molecule has 0 unspecified atom stereocenters. The molecule has 190 valence electrons. The Morgan fingerprint density at radius 2 is 2.00 bits per heavy atom. The monoisotopic (exact) mass is 506 g/mol. The first-order chi connectivity index (χ1) is 17.2. The lowest BCUT2D eigenvalue weighted by molar-refractivity contribution is -0.131. The summed E-state index contributed by atoms with van der Waals surface area (Å²) in [6.45, 7) is 6.03. The lowest BCUT2D eigenvalue weighted by Gasteiger charge is -2.39. The van der Waals surface area contributed by atoms with E-state index in [0.717, 1.165) is 48.1 Å². The molecule has 36 heavy (non-hydrogen) atoms. The van der Waals surface area contributed by atoms with Gasteiger partial charge in [0.25, 0.3) is 0 Å². The summed E-state index contributed by atoms with van der Waals surface area (Å²) < 4.78 is 5.76. The third kappa shape index (κ3) is 4.16. The number of carbonyl (C=O) groups is 1. The smallest absolute Gasteiger partial charge is 0.232 e. The van der Waals surface area contributed by atoms with Crippen molar-refractivity contribution in [2.75, 3.05) is 6.61 Å². The van der Waals surface area contributed by atoms with Crippen molar-refractivity contribution in [2.24, 2.45) is 10.7 Å². The zero-order chi connectivity index (χ0) is 25.7. The Labute approximate surface area is 217 Å². The zero-order valence-corrected chi connectivity index (χ0v) is 21.9. The number of nitrogens with zero attached hydrogens (tertiary/aromatic N) is 2. The molecule has 3 aliphatic rings. The van der Waals surface area contributed by atoms with Crippen LogP contribution in [0.1, 0.15) is 80.8 Å².